The first kappa shape index (κ1) is 8.97. The number of nitrogens with zero attached hydrogens (tertiary/aromatic N) is 1. The molecule has 0 saturated heterocycles. The van der Waals surface area contributed by atoms with Gasteiger partial charge in [0, 0.05) is 16.3 Å². The Bertz CT molecular complexity index is 527. The molecule has 2 nitrogen and oxygen atoms in total. The molecule has 0 saturated carbocycles. The lowest BCUT2D eigenvalue weighted by atomic mass is 10.1. The maximum atomic E-state index is 13.1. The highest BCUT2D eigenvalue weighted by Gasteiger charge is 2.10. The summed E-state index contributed by atoms with van der Waals surface area (Å²) in [5, 5.41) is 19.9. The van der Waals surface area contributed by atoms with Crippen LogP contribution in [-0.2, 0) is 6.42 Å². The largest absolute Gasteiger partial charge is 0.506 e. The molecule has 0 atom stereocenters. The van der Waals surface area contributed by atoms with Crippen molar-refractivity contribution in [3.8, 4) is 11.8 Å². The average Bonchev–Trinajstić information content (AvgIpc) is 2.54. The predicted octanol–water partition coefficient (Wildman–Crippen LogP) is 2.81. The van der Waals surface area contributed by atoms with Crippen LogP contribution >= 0.6 is 11.3 Å². The van der Waals surface area contributed by atoms with E-state index < -0.39 is 0 Å². The standard InChI is InChI=1S/C10H6FNOS/c11-8-5-14-10-7(8)2-1-6(3-4-12)9(10)13/h1-2,5,13H,3H2. The smallest absolute Gasteiger partial charge is 0.141 e. The number of thiophene rings is 1. The summed E-state index contributed by atoms with van der Waals surface area (Å²) in [7, 11) is 0. The number of hydrogen-bond donors (Lipinski definition) is 1. The minimum Gasteiger partial charge on any atom is -0.506 e. The number of phenolic OH excluding ortho intramolecular Hbond substituents is 1. The Labute approximate surface area is 83.8 Å². The maximum Gasteiger partial charge on any atom is 0.141 e. The Morgan fingerprint density at radius 3 is 3.00 bits per heavy atom. The van der Waals surface area contributed by atoms with Crippen molar-refractivity contribution in [2.24, 2.45) is 0 Å². The highest BCUT2D eigenvalue weighted by molar-refractivity contribution is 7.17. The molecule has 70 valence electrons. The molecule has 1 N–H and O–H groups in total. The molecule has 1 aromatic heterocycles. The van der Waals surface area contributed by atoms with Gasteiger partial charge in [-0.2, -0.15) is 5.26 Å². The van der Waals surface area contributed by atoms with Crippen LogP contribution in [0, 0.1) is 17.1 Å². The summed E-state index contributed by atoms with van der Waals surface area (Å²) >= 11 is 1.15. The topological polar surface area (TPSA) is 44.0 Å². The predicted molar refractivity (Wildman–Crippen MR) is 52.8 cm³/mol. The van der Waals surface area contributed by atoms with Crippen molar-refractivity contribution in [2.45, 2.75) is 6.42 Å². The number of phenols is 1. The first-order valence-electron chi connectivity index (χ1n) is 3.98. The van der Waals surface area contributed by atoms with Crippen LogP contribution in [0.25, 0.3) is 10.1 Å². The minimum absolute atomic E-state index is 0.0259. The zero-order valence-electron chi connectivity index (χ0n) is 7.12. The van der Waals surface area contributed by atoms with Crippen LogP contribution in [-0.4, -0.2) is 5.11 Å². The minimum atomic E-state index is -0.330. The zero-order chi connectivity index (χ0) is 10.1. The van der Waals surface area contributed by atoms with Crippen molar-refractivity contribution in [3.05, 3.63) is 28.9 Å². The van der Waals surface area contributed by atoms with E-state index in [1.54, 1.807) is 12.1 Å². The van der Waals surface area contributed by atoms with Gasteiger partial charge >= 0.3 is 0 Å². The molecular weight excluding hydrogens is 201 g/mol. The van der Waals surface area contributed by atoms with E-state index in [-0.39, 0.29) is 18.0 Å². The third kappa shape index (κ3) is 1.22. The number of nitriles is 1. The zero-order valence-corrected chi connectivity index (χ0v) is 7.94. The average molecular weight is 207 g/mol. The molecule has 4 heteroatoms. The molecule has 0 amide bonds. The maximum absolute atomic E-state index is 13.1. The van der Waals surface area contributed by atoms with Gasteiger partial charge < -0.3 is 5.11 Å². The monoisotopic (exact) mass is 207 g/mol. The Balaban J connectivity index is 2.71. The van der Waals surface area contributed by atoms with Gasteiger partial charge in [0.25, 0.3) is 0 Å². The highest BCUT2D eigenvalue weighted by Crippen LogP contribution is 2.35. The Morgan fingerprint density at radius 2 is 2.29 bits per heavy atom. The van der Waals surface area contributed by atoms with Crippen LogP contribution in [0.4, 0.5) is 4.39 Å². The molecule has 1 heterocycles. The van der Waals surface area contributed by atoms with E-state index >= 15 is 0 Å². The second kappa shape index (κ2) is 3.28. The summed E-state index contributed by atoms with van der Waals surface area (Å²) in [5.74, 6) is -0.304. The number of aromatic hydroxyl groups is 1. The van der Waals surface area contributed by atoms with Crippen molar-refractivity contribution in [3.63, 3.8) is 0 Å². The van der Waals surface area contributed by atoms with E-state index in [1.807, 2.05) is 6.07 Å². The molecule has 2 rings (SSSR count). The van der Waals surface area contributed by atoms with Crippen LogP contribution in [0.15, 0.2) is 17.5 Å². The van der Waals surface area contributed by atoms with Crippen molar-refractivity contribution < 1.29 is 9.50 Å². The van der Waals surface area contributed by atoms with Crippen molar-refractivity contribution >= 4 is 21.4 Å². The van der Waals surface area contributed by atoms with Crippen molar-refractivity contribution in [1.29, 1.82) is 5.26 Å². The third-order valence-electron chi connectivity index (χ3n) is 2.02. The Hall–Kier alpha value is -1.60. The summed E-state index contributed by atoms with van der Waals surface area (Å²) < 4.78 is 13.6. The van der Waals surface area contributed by atoms with Gasteiger partial charge in [0.1, 0.15) is 11.6 Å². The van der Waals surface area contributed by atoms with Crippen LogP contribution in [0.5, 0.6) is 5.75 Å². The fraction of sp³-hybridized carbons (Fsp3) is 0.100. The molecule has 1 aromatic carbocycles. The van der Waals surface area contributed by atoms with Gasteiger partial charge in [0.05, 0.1) is 17.2 Å². The van der Waals surface area contributed by atoms with Crippen LogP contribution < -0.4 is 0 Å². The first-order valence-corrected chi connectivity index (χ1v) is 4.86. The second-order valence-electron chi connectivity index (χ2n) is 2.87. The molecule has 2 aromatic rings. The SMILES string of the molecule is N#CCc1ccc2c(F)csc2c1O. The fourth-order valence-electron chi connectivity index (χ4n) is 1.32. The number of hydrogen-bond acceptors (Lipinski definition) is 3. The Morgan fingerprint density at radius 1 is 1.50 bits per heavy atom. The lowest BCUT2D eigenvalue weighted by Gasteiger charge is -2.00. The molecule has 0 aliphatic carbocycles. The van der Waals surface area contributed by atoms with E-state index in [4.69, 9.17) is 5.26 Å². The summed E-state index contributed by atoms with van der Waals surface area (Å²) in [6.45, 7) is 0. The van der Waals surface area contributed by atoms with Gasteiger partial charge in [-0.25, -0.2) is 4.39 Å². The van der Waals surface area contributed by atoms with E-state index in [2.05, 4.69) is 0 Å². The number of rotatable bonds is 1. The highest BCUT2D eigenvalue weighted by atomic mass is 32.1. The van der Waals surface area contributed by atoms with Crippen LogP contribution in [0.1, 0.15) is 5.56 Å². The summed E-state index contributed by atoms with van der Waals surface area (Å²) in [4.78, 5) is 0. The molecule has 0 radical (unpaired) electrons. The molecule has 14 heavy (non-hydrogen) atoms. The molecular formula is C10H6FNOS. The van der Waals surface area contributed by atoms with Crippen LogP contribution in [0.3, 0.4) is 0 Å². The lowest BCUT2D eigenvalue weighted by molar-refractivity contribution is 0.477. The second-order valence-corrected chi connectivity index (χ2v) is 3.75. The number of benzene rings is 1. The van der Waals surface area contributed by atoms with Crippen molar-refractivity contribution in [1.82, 2.24) is 0 Å². The van der Waals surface area contributed by atoms with Gasteiger partial charge in [-0.3, -0.25) is 0 Å². The number of fused-ring (bicyclic) bond motifs is 1. The first-order chi connectivity index (χ1) is 6.74. The van der Waals surface area contributed by atoms with E-state index in [0.29, 0.717) is 15.6 Å². The van der Waals surface area contributed by atoms with Gasteiger partial charge in [0.2, 0.25) is 0 Å². The molecule has 0 bridgehead atoms. The van der Waals surface area contributed by atoms with Gasteiger partial charge in [0.15, 0.2) is 0 Å². The summed E-state index contributed by atoms with van der Waals surface area (Å²) in [6.07, 6.45) is 0.140. The fourth-order valence-corrected chi connectivity index (χ4v) is 2.20. The third-order valence-corrected chi connectivity index (χ3v) is 3.00. The van der Waals surface area contributed by atoms with E-state index in [1.165, 1.54) is 5.38 Å². The van der Waals surface area contributed by atoms with Gasteiger partial charge in [-0.05, 0) is 6.07 Å². The quantitative estimate of drug-likeness (QED) is 0.781. The van der Waals surface area contributed by atoms with Crippen LogP contribution in [0.2, 0.25) is 0 Å². The molecule has 0 unspecified atom stereocenters. The van der Waals surface area contributed by atoms with Gasteiger partial charge in [-0.15, -0.1) is 11.3 Å². The Kier molecular flexibility index (Phi) is 2.10. The number of halogens is 1. The molecule has 0 aliphatic rings. The molecule has 0 fully saturated rings. The lowest BCUT2D eigenvalue weighted by Crippen LogP contribution is -1.82. The summed E-state index contributed by atoms with van der Waals surface area (Å²) in [5.41, 5.74) is 0.543. The van der Waals surface area contributed by atoms with E-state index in [9.17, 15) is 9.50 Å². The van der Waals surface area contributed by atoms with Gasteiger partial charge in [-0.1, -0.05) is 6.07 Å². The molecule has 0 aliphatic heterocycles. The van der Waals surface area contributed by atoms with Crippen molar-refractivity contribution in [2.75, 3.05) is 0 Å². The molecule has 0 spiro atoms. The normalized spacial score (nSPS) is 10.3. The summed E-state index contributed by atoms with van der Waals surface area (Å²) in [6, 6.07) is 5.12. The van der Waals surface area contributed by atoms with E-state index in [0.717, 1.165) is 11.3 Å².